The maximum atomic E-state index is 12.1. The lowest BCUT2D eigenvalue weighted by Crippen LogP contribution is -2.28. The van der Waals surface area contributed by atoms with Gasteiger partial charge in [0.25, 0.3) is 5.91 Å². The number of aromatic nitrogens is 1. The molecule has 1 amide bonds. The number of hydrogen-bond acceptors (Lipinski definition) is 4. The fourth-order valence-corrected chi connectivity index (χ4v) is 3.00. The Hall–Kier alpha value is -1.85. The third-order valence-electron chi connectivity index (χ3n) is 3.90. The zero-order chi connectivity index (χ0) is 16.8. The van der Waals surface area contributed by atoms with E-state index in [1.807, 2.05) is 36.5 Å². The Morgan fingerprint density at radius 2 is 2.12 bits per heavy atom. The van der Waals surface area contributed by atoms with Gasteiger partial charge < -0.3 is 10.1 Å². The number of nitrogens with zero attached hydrogens (tertiary/aromatic N) is 1. The molecule has 0 radical (unpaired) electrons. The Balaban J connectivity index is 1.45. The molecule has 0 spiro atoms. The van der Waals surface area contributed by atoms with Crippen LogP contribution in [0.15, 0.2) is 53.7 Å². The van der Waals surface area contributed by atoms with Crippen molar-refractivity contribution < 1.29 is 9.53 Å². The molecule has 3 rings (SSSR count). The van der Waals surface area contributed by atoms with E-state index in [1.54, 1.807) is 24.9 Å². The SMILES string of the molecule is C[C@H](OCC1CC1)C(=O)Nc1ccc(SCc2cccnc2)cc1. The third-order valence-corrected chi connectivity index (χ3v) is 4.98. The molecule has 1 aliphatic rings. The van der Waals surface area contributed by atoms with Gasteiger partial charge >= 0.3 is 0 Å². The van der Waals surface area contributed by atoms with Crippen LogP contribution >= 0.6 is 11.8 Å². The second-order valence-corrected chi connectivity index (χ2v) is 7.13. The minimum atomic E-state index is -0.412. The number of anilines is 1. The summed E-state index contributed by atoms with van der Waals surface area (Å²) in [6, 6.07) is 11.9. The van der Waals surface area contributed by atoms with Gasteiger partial charge in [-0.1, -0.05) is 6.07 Å². The first-order valence-corrected chi connectivity index (χ1v) is 9.23. The van der Waals surface area contributed by atoms with Crippen LogP contribution in [0.4, 0.5) is 5.69 Å². The van der Waals surface area contributed by atoms with Crippen LogP contribution < -0.4 is 5.32 Å². The summed E-state index contributed by atoms with van der Waals surface area (Å²) in [6.45, 7) is 2.49. The fraction of sp³-hybridized carbons (Fsp3) is 0.368. The molecule has 0 aliphatic heterocycles. The number of thioether (sulfide) groups is 1. The van der Waals surface area contributed by atoms with Crippen molar-refractivity contribution in [1.29, 1.82) is 0 Å². The van der Waals surface area contributed by atoms with Gasteiger partial charge in [0.2, 0.25) is 0 Å². The summed E-state index contributed by atoms with van der Waals surface area (Å²) in [4.78, 5) is 17.4. The summed E-state index contributed by atoms with van der Waals surface area (Å²) in [5, 5.41) is 2.90. The Kier molecular flexibility index (Phi) is 5.88. The zero-order valence-electron chi connectivity index (χ0n) is 13.8. The number of rotatable bonds is 8. The Labute approximate surface area is 147 Å². The largest absolute Gasteiger partial charge is 0.368 e. The van der Waals surface area contributed by atoms with E-state index in [2.05, 4.69) is 16.4 Å². The van der Waals surface area contributed by atoms with E-state index in [9.17, 15) is 4.79 Å². The van der Waals surface area contributed by atoms with Crippen molar-refractivity contribution in [3.63, 3.8) is 0 Å². The van der Waals surface area contributed by atoms with Crippen LogP contribution in [0.25, 0.3) is 0 Å². The predicted molar refractivity (Wildman–Crippen MR) is 97.0 cm³/mol. The number of carbonyl (C=O) groups excluding carboxylic acids is 1. The van der Waals surface area contributed by atoms with Gasteiger partial charge in [0.05, 0.1) is 6.61 Å². The Morgan fingerprint density at radius 1 is 1.33 bits per heavy atom. The van der Waals surface area contributed by atoms with E-state index < -0.39 is 6.10 Å². The molecule has 0 unspecified atom stereocenters. The quantitative estimate of drug-likeness (QED) is 0.733. The van der Waals surface area contributed by atoms with Crippen LogP contribution in [0.5, 0.6) is 0 Å². The smallest absolute Gasteiger partial charge is 0.253 e. The van der Waals surface area contributed by atoms with Crippen LogP contribution in [-0.4, -0.2) is 23.6 Å². The first-order chi connectivity index (χ1) is 11.7. The van der Waals surface area contributed by atoms with Crippen molar-refractivity contribution in [2.24, 2.45) is 5.92 Å². The van der Waals surface area contributed by atoms with Crippen molar-refractivity contribution in [2.45, 2.75) is 36.5 Å². The number of pyridine rings is 1. The molecule has 4 nitrogen and oxygen atoms in total. The van der Waals surface area contributed by atoms with Crippen molar-refractivity contribution in [2.75, 3.05) is 11.9 Å². The van der Waals surface area contributed by atoms with Crippen LogP contribution in [0, 0.1) is 5.92 Å². The van der Waals surface area contributed by atoms with Crippen LogP contribution in [0.2, 0.25) is 0 Å². The van der Waals surface area contributed by atoms with Gasteiger partial charge in [-0.15, -0.1) is 11.8 Å². The minimum Gasteiger partial charge on any atom is -0.368 e. The van der Waals surface area contributed by atoms with Crippen molar-refractivity contribution in [3.8, 4) is 0 Å². The van der Waals surface area contributed by atoms with E-state index in [-0.39, 0.29) is 5.91 Å². The molecule has 1 heterocycles. The molecule has 1 aromatic carbocycles. The topological polar surface area (TPSA) is 51.2 Å². The van der Waals surface area contributed by atoms with Crippen LogP contribution in [0.3, 0.4) is 0 Å². The summed E-state index contributed by atoms with van der Waals surface area (Å²) in [6.07, 6.45) is 5.70. The molecule has 2 aromatic rings. The lowest BCUT2D eigenvalue weighted by Gasteiger charge is -2.13. The average Bonchev–Trinajstić information content (AvgIpc) is 3.44. The molecule has 1 fully saturated rings. The maximum Gasteiger partial charge on any atom is 0.253 e. The second kappa shape index (κ2) is 8.31. The average molecular weight is 342 g/mol. The molecule has 1 N–H and O–H groups in total. The molecule has 0 saturated heterocycles. The number of benzene rings is 1. The first kappa shape index (κ1) is 17.0. The van der Waals surface area contributed by atoms with Crippen molar-refractivity contribution in [3.05, 3.63) is 54.4 Å². The van der Waals surface area contributed by atoms with Crippen molar-refractivity contribution >= 4 is 23.4 Å². The van der Waals surface area contributed by atoms with E-state index in [0.29, 0.717) is 12.5 Å². The Bertz CT molecular complexity index is 657. The highest BCUT2D eigenvalue weighted by atomic mass is 32.2. The van der Waals surface area contributed by atoms with Gasteiger partial charge in [-0.2, -0.15) is 0 Å². The van der Waals surface area contributed by atoms with E-state index in [4.69, 9.17) is 4.74 Å². The molecule has 0 bridgehead atoms. The normalized spacial score (nSPS) is 15.0. The number of carbonyl (C=O) groups is 1. The number of hydrogen-bond donors (Lipinski definition) is 1. The summed E-state index contributed by atoms with van der Waals surface area (Å²) in [5.74, 6) is 1.45. The van der Waals surface area contributed by atoms with Gasteiger partial charge in [0.15, 0.2) is 0 Å². The van der Waals surface area contributed by atoms with Gasteiger partial charge in [0, 0.05) is 28.7 Å². The van der Waals surface area contributed by atoms with E-state index in [0.717, 1.165) is 16.3 Å². The number of ether oxygens (including phenoxy) is 1. The molecule has 1 saturated carbocycles. The Morgan fingerprint density at radius 3 is 2.79 bits per heavy atom. The summed E-state index contributed by atoms with van der Waals surface area (Å²) in [5.41, 5.74) is 1.99. The maximum absolute atomic E-state index is 12.1. The lowest BCUT2D eigenvalue weighted by atomic mass is 10.3. The van der Waals surface area contributed by atoms with Crippen LogP contribution in [0.1, 0.15) is 25.3 Å². The fourth-order valence-electron chi connectivity index (χ4n) is 2.17. The highest BCUT2D eigenvalue weighted by molar-refractivity contribution is 7.98. The molecule has 1 atom stereocenters. The van der Waals surface area contributed by atoms with Crippen molar-refractivity contribution in [1.82, 2.24) is 4.98 Å². The van der Waals surface area contributed by atoms with Gasteiger partial charge in [0.1, 0.15) is 6.10 Å². The lowest BCUT2D eigenvalue weighted by molar-refractivity contribution is -0.126. The summed E-state index contributed by atoms with van der Waals surface area (Å²) < 4.78 is 5.59. The first-order valence-electron chi connectivity index (χ1n) is 8.25. The second-order valence-electron chi connectivity index (χ2n) is 6.08. The number of amides is 1. The van der Waals surface area contributed by atoms with Gasteiger partial charge in [-0.3, -0.25) is 9.78 Å². The standard InChI is InChI=1S/C19H22N2O2S/c1-14(23-12-15-4-5-15)19(22)21-17-6-8-18(9-7-17)24-13-16-3-2-10-20-11-16/h2-3,6-11,14-15H,4-5,12-13H2,1H3,(H,21,22)/t14-/m0/s1. The molecule has 5 heteroatoms. The monoisotopic (exact) mass is 342 g/mol. The molecule has 1 aromatic heterocycles. The van der Waals surface area contributed by atoms with Gasteiger partial charge in [-0.25, -0.2) is 0 Å². The predicted octanol–water partition coefficient (Wildman–Crippen LogP) is 4.13. The molecule has 126 valence electrons. The van der Waals surface area contributed by atoms with E-state index >= 15 is 0 Å². The number of nitrogens with one attached hydrogen (secondary N) is 1. The molecular weight excluding hydrogens is 320 g/mol. The van der Waals surface area contributed by atoms with E-state index in [1.165, 1.54) is 18.4 Å². The zero-order valence-corrected chi connectivity index (χ0v) is 14.6. The van der Waals surface area contributed by atoms with Gasteiger partial charge in [-0.05, 0) is 61.6 Å². The van der Waals surface area contributed by atoms with Crippen LogP contribution in [-0.2, 0) is 15.3 Å². The minimum absolute atomic E-state index is 0.0913. The highest BCUT2D eigenvalue weighted by Crippen LogP contribution is 2.29. The molecule has 24 heavy (non-hydrogen) atoms. The third kappa shape index (κ3) is 5.35. The molecular formula is C19H22N2O2S. The summed E-state index contributed by atoms with van der Waals surface area (Å²) >= 11 is 1.75. The highest BCUT2D eigenvalue weighted by Gasteiger charge is 2.24. The molecule has 1 aliphatic carbocycles. The summed E-state index contributed by atoms with van der Waals surface area (Å²) in [7, 11) is 0.